The van der Waals surface area contributed by atoms with E-state index >= 15 is 0 Å². The second kappa shape index (κ2) is 8.10. The van der Waals surface area contributed by atoms with Crippen molar-refractivity contribution in [1.29, 1.82) is 0 Å². The number of pyridine rings is 1. The minimum Gasteiger partial charge on any atom is -0.497 e. The van der Waals surface area contributed by atoms with E-state index in [2.05, 4.69) is 5.32 Å². The fraction of sp³-hybridized carbons (Fsp3) is 0.0833. The highest BCUT2D eigenvalue weighted by Crippen LogP contribution is 2.22. The van der Waals surface area contributed by atoms with Crippen LogP contribution in [0.2, 0.25) is 0 Å². The third kappa shape index (κ3) is 4.41. The van der Waals surface area contributed by atoms with Crippen LogP contribution in [0.25, 0.3) is 10.8 Å². The second-order valence-corrected chi connectivity index (χ2v) is 6.77. The van der Waals surface area contributed by atoms with Crippen molar-refractivity contribution in [3.8, 4) is 5.75 Å². The number of carbonyl (C=O) groups excluding carboxylic acids is 1. The molecule has 1 amide bonds. The van der Waals surface area contributed by atoms with Crippen LogP contribution in [0.1, 0.15) is 15.9 Å². The summed E-state index contributed by atoms with van der Waals surface area (Å²) in [6.45, 7) is 0.628. The first kappa shape index (κ1) is 18.6. The van der Waals surface area contributed by atoms with Gasteiger partial charge in [-0.05, 0) is 59.3 Å². The lowest BCUT2D eigenvalue weighted by molar-refractivity contribution is -0.688. The van der Waals surface area contributed by atoms with Crippen LogP contribution >= 0.6 is 0 Å². The Morgan fingerprint density at radius 2 is 1.62 bits per heavy atom. The smallest absolute Gasteiger partial charge is 0.255 e. The van der Waals surface area contributed by atoms with E-state index in [-0.39, 0.29) is 11.7 Å². The van der Waals surface area contributed by atoms with Gasteiger partial charge in [-0.2, -0.15) is 0 Å². The fourth-order valence-corrected chi connectivity index (χ4v) is 3.14. The normalized spacial score (nSPS) is 10.7. The number of nitrogens with zero attached hydrogens (tertiary/aromatic N) is 1. The molecule has 0 bridgehead atoms. The summed E-state index contributed by atoms with van der Waals surface area (Å²) in [4.78, 5) is 12.6. The van der Waals surface area contributed by atoms with Crippen molar-refractivity contribution in [2.45, 2.75) is 6.54 Å². The predicted octanol–water partition coefficient (Wildman–Crippen LogP) is 4.58. The van der Waals surface area contributed by atoms with Crippen LogP contribution in [-0.2, 0) is 6.54 Å². The van der Waals surface area contributed by atoms with Crippen LogP contribution in [0.5, 0.6) is 5.75 Å². The van der Waals surface area contributed by atoms with Crippen molar-refractivity contribution in [3.63, 3.8) is 0 Å². The highest BCUT2D eigenvalue weighted by atomic mass is 19.1. The van der Waals surface area contributed by atoms with Gasteiger partial charge in [-0.15, -0.1) is 0 Å². The Morgan fingerprint density at radius 1 is 0.931 bits per heavy atom. The zero-order valence-electron chi connectivity index (χ0n) is 15.9. The number of halogens is 1. The largest absolute Gasteiger partial charge is 0.497 e. The van der Waals surface area contributed by atoms with E-state index in [9.17, 15) is 9.18 Å². The van der Waals surface area contributed by atoms with Crippen LogP contribution in [0, 0.1) is 5.82 Å². The molecule has 0 aliphatic rings. The first-order valence-electron chi connectivity index (χ1n) is 9.23. The summed E-state index contributed by atoms with van der Waals surface area (Å²) in [5.41, 5.74) is 2.30. The summed E-state index contributed by atoms with van der Waals surface area (Å²) in [5, 5.41) is 4.91. The maximum Gasteiger partial charge on any atom is 0.255 e. The van der Waals surface area contributed by atoms with E-state index in [0.717, 1.165) is 22.1 Å². The monoisotopic (exact) mass is 387 g/mol. The van der Waals surface area contributed by atoms with Crippen LogP contribution in [0.15, 0.2) is 85.2 Å². The van der Waals surface area contributed by atoms with Gasteiger partial charge in [0.25, 0.3) is 5.91 Å². The van der Waals surface area contributed by atoms with Crippen molar-refractivity contribution in [1.82, 2.24) is 0 Å². The van der Waals surface area contributed by atoms with Gasteiger partial charge in [0.1, 0.15) is 11.6 Å². The number of fused-ring (bicyclic) bond motifs is 1. The van der Waals surface area contributed by atoms with Gasteiger partial charge in [-0.25, -0.2) is 8.96 Å². The predicted molar refractivity (Wildman–Crippen MR) is 111 cm³/mol. The quantitative estimate of drug-likeness (QED) is 0.510. The van der Waals surface area contributed by atoms with Gasteiger partial charge >= 0.3 is 0 Å². The summed E-state index contributed by atoms with van der Waals surface area (Å²) < 4.78 is 20.2. The Kier molecular flexibility index (Phi) is 5.20. The number of aromatic nitrogens is 1. The lowest BCUT2D eigenvalue weighted by Crippen LogP contribution is -2.33. The number of carbonyl (C=O) groups is 1. The van der Waals surface area contributed by atoms with E-state index in [1.807, 2.05) is 59.4 Å². The van der Waals surface area contributed by atoms with Crippen LogP contribution in [0.4, 0.5) is 10.1 Å². The van der Waals surface area contributed by atoms with E-state index in [0.29, 0.717) is 17.8 Å². The van der Waals surface area contributed by atoms with Crippen LogP contribution < -0.4 is 14.6 Å². The second-order valence-electron chi connectivity index (χ2n) is 6.77. The number of anilines is 1. The minimum absolute atomic E-state index is 0.168. The van der Waals surface area contributed by atoms with E-state index < -0.39 is 0 Å². The summed E-state index contributed by atoms with van der Waals surface area (Å²) in [5.74, 6) is 0.372. The maximum absolute atomic E-state index is 13.0. The van der Waals surface area contributed by atoms with Crippen molar-refractivity contribution in [2.24, 2.45) is 0 Å². The summed E-state index contributed by atoms with van der Waals surface area (Å²) in [6.07, 6.45) is 3.76. The van der Waals surface area contributed by atoms with E-state index in [4.69, 9.17) is 4.74 Å². The molecule has 0 saturated carbocycles. The van der Waals surface area contributed by atoms with E-state index in [1.54, 1.807) is 25.3 Å². The van der Waals surface area contributed by atoms with Gasteiger partial charge < -0.3 is 10.1 Å². The highest BCUT2D eigenvalue weighted by Gasteiger charge is 2.09. The summed E-state index contributed by atoms with van der Waals surface area (Å²) in [6, 6.07) is 21.4. The third-order valence-corrected chi connectivity index (χ3v) is 4.74. The molecule has 0 atom stereocenters. The molecule has 0 aliphatic heterocycles. The molecule has 1 heterocycles. The molecule has 3 aromatic carbocycles. The number of ether oxygens (including phenoxy) is 1. The molecule has 1 aromatic heterocycles. The zero-order chi connectivity index (χ0) is 20.2. The number of benzene rings is 3. The Labute approximate surface area is 168 Å². The Hall–Kier alpha value is -3.73. The molecule has 1 N–H and O–H groups in total. The first-order chi connectivity index (χ1) is 14.1. The molecule has 144 valence electrons. The Morgan fingerprint density at radius 3 is 2.34 bits per heavy atom. The number of nitrogens with one attached hydrogen (secondary N) is 1. The number of rotatable bonds is 5. The molecule has 0 aliphatic carbocycles. The summed E-state index contributed by atoms with van der Waals surface area (Å²) in [7, 11) is 1.63. The van der Waals surface area contributed by atoms with Gasteiger partial charge in [-0.1, -0.05) is 12.1 Å². The minimum atomic E-state index is -0.246. The lowest BCUT2D eigenvalue weighted by atomic mass is 10.1. The first-order valence-corrected chi connectivity index (χ1v) is 9.23. The molecule has 4 rings (SSSR count). The molecule has 4 aromatic rings. The third-order valence-electron chi connectivity index (χ3n) is 4.74. The Balaban J connectivity index is 1.45. The standard InChI is InChI=1S/C24H19FN2O2/c1-29-23-9-6-18-14-20(5-4-19(18)15-23)24(28)26-22-10-12-27(13-11-22)16-17-2-7-21(25)8-3-17/h2-15H,16H2,1H3/p+1. The molecule has 0 radical (unpaired) electrons. The topological polar surface area (TPSA) is 42.2 Å². The fourth-order valence-electron chi connectivity index (χ4n) is 3.14. The molecule has 0 fully saturated rings. The summed E-state index contributed by atoms with van der Waals surface area (Å²) >= 11 is 0. The molecule has 4 nitrogen and oxygen atoms in total. The Bertz CT molecular complexity index is 1160. The number of hydrogen-bond donors (Lipinski definition) is 1. The molecule has 0 spiro atoms. The van der Waals surface area contributed by atoms with Crippen molar-refractivity contribution in [3.05, 3.63) is 102 Å². The van der Waals surface area contributed by atoms with Crippen molar-refractivity contribution < 1.29 is 18.5 Å². The average Bonchev–Trinajstić information content (AvgIpc) is 2.76. The number of methoxy groups -OCH3 is 1. The maximum atomic E-state index is 13.0. The average molecular weight is 387 g/mol. The SMILES string of the molecule is COc1ccc2cc(C(=O)Nc3cc[n+](Cc4ccc(F)cc4)cc3)ccc2c1. The number of hydrogen-bond acceptors (Lipinski definition) is 2. The molecule has 0 unspecified atom stereocenters. The van der Waals surface area contributed by atoms with Gasteiger partial charge in [-0.3, -0.25) is 4.79 Å². The number of amides is 1. The van der Waals surface area contributed by atoms with Crippen molar-refractivity contribution >= 4 is 22.4 Å². The molecular formula is C24H20FN2O2+. The molecular weight excluding hydrogens is 367 g/mol. The van der Waals surface area contributed by atoms with Crippen LogP contribution in [0.3, 0.4) is 0 Å². The van der Waals surface area contributed by atoms with Gasteiger partial charge in [0.15, 0.2) is 18.9 Å². The highest BCUT2D eigenvalue weighted by molar-refractivity contribution is 6.06. The zero-order valence-corrected chi connectivity index (χ0v) is 15.9. The van der Waals surface area contributed by atoms with Crippen LogP contribution in [-0.4, -0.2) is 13.0 Å². The molecule has 29 heavy (non-hydrogen) atoms. The van der Waals surface area contributed by atoms with E-state index in [1.165, 1.54) is 12.1 Å². The lowest BCUT2D eigenvalue weighted by Gasteiger charge is -2.07. The molecule has 5 heteroatoms. The molecule has 0 saturated heterocycles. The van der Waals surface area contributed by atoms with Crippen molar-refractivity contribution in [2.75, 3.05) is 12.4 Å². The van der Waals surface area contributed by atoms with Gasteiger partial charge in [0.05, 0.1) is 12.8 Å². The van der Waals surface area contributed by atoms with Gasteiger partial charge in [0, 0.05) is 23.3 Å². The van der Waals surface area contributed by atoms with Gasteiger partial charge in [0.2, 0.25) is 0 Å².